The average molecular weight is 170 g/mol. The van der Waals surface area contributed by atoms with E-state index in [-0.39, 0.29) is 0 Å². The SMILES string of the molecule is CC=C1C=C(O)C(O)=C(O)C1O. The molecule has 0 saturated heterocycles. The Bertz CT molecular complexity index is 285. The predicted molar refractivity (Wildman–Crippen MR) is 42.8 cm³/mol. The maximum absolute atomic E-state index is 9.23. The molecular weight excluding hydrogens is 160 g/mol. The van der Waals surface area contributed by atoms with Crippen LogP contribution in [0.5, 0.6) is 0 Å². The van der Waals surface area contributed by atoms with Crippen LogP contribution >= 0.6 is 0 Å². The third-order valence-electron chi connectivity index (χ3n) is 1.70. The van der Waals surface area contributed by atoms with Crippen molar-refractivity contribution in [2.45, 2.75) is 13.0 Å². The van der Waals surface area contributed by atoms with Crippen LogP contribution in [0, 0.1) is 0 Å². The van der Waals surface area contributed by atoms with Crippen LogP contribution in [0.4, 0.5) is 0 Å². The highest BCUT2D eigenvalue weighted by atomic mass is 16.4. The molecule has 4 heteroatoms. The predicted octanol–water partition coefficient (Wildman–Crippen LogP) is 1.08. The quantitative estimate of drug-likeness (QED) is 0.438. The molecule has 4 N–H and O–H groups in total. The summed E-state index contributed by atoms with van der Waals surface area (Å²) in [6.45, 7) is 1.65. The number of allylic oxidation sites excluding steroid dienone is 1. The van der Waals surface area contributed by atoms with Crippen molar-refractivity contribution in [2.75, 3.05) is 0 Å². The fourth-order valence-electron chi connectivity index (χ4n) is 0.965. The van der Waals surface area contributed by atoms with Gasteiger partial charge in [-0.15, -0.1) is 0 Å². The number of hydrogen-bond acceptors (Lipinski definition) is 4. The first-order valence-corrected chi connectivity index (χ1v) is 3.45. The van der Waals surface area contributed by atoms with Crippen molar-refractivity contribution in [2.24, 2.45) is 0 Å². The zero-order valence-corrected chi connectivity index (χ0v) is 6.52. The molecule has 0 amide bonds. The maximum Gasteiger partial charge on any atom is 0.199 e. The number of aliphatic hydroxyl groups excluding tert-OH is 4. The molecular formula is C8H10O4. The standard InChI is InChI=1S/C8H10O4/c1-2-4-3-5(9)7(11)8(12)6(4)10/h2-3,6,9-12H,1H3. The Balaban J connectivity index is 3.14. The molecule has 66 valence electrons. The first-order chi connectivity index (χ1) is 5.57. The van der Waals surface area contributed by atoms with Gasteiger partial charge in [0.2, 0.25) is 0 Å². The van der Waals surface area contributed by atoms with Gasteiger partial charge in [-0.3, -0.25) is 0 Å². The Morgan fingerprint density at radius 3 is 2.42 bits per heavy atom. The minimum absolute atomic E-state index is 0.350. The van der Waals surface area contributed by atoms with E-state index < -0.39 is 23.4 Å². The largest absolute Gasteiger partial charge is 0.506 e. The van der Waals surface area contributed by atoms with E-state index in [1.807, 2.05) is 0 Å². The number of aliphatic hydroxyl groups is 4. The summed E-state index contributed by atoms with van der Waals surface area (Å²) < 4.78 is 0. The van der Waals surface area contributed by atoms with Crippen LogP contribution in [0.15, 0.2) is 35.0 Å². The zero-order chi connectivity index (χ0) is 9.30. The molecule has 1 aliphatic rings. The molecule has 1 aliphatic carbocycles. The highest BCUT2D eigenvalue weighted by molar-refractivity contribution is 5.42. The van der Waals surface area contributed by atoms with Crippen molar-refractivity contribution in [1.29, 1.82) is 0 Å². The van der Waals surface area contributed by atoms with Crippen molar-refractivity contribution in [3.8, 4) is 0 Å². The van der Waals surface area contributed by atoms with E-state index in [2.05, 4.69) is 0 Å². The Morgan fingerprint density at radius 2 is 1.92 bits per heavy atom. The van der Waals surface area contributed by atoms with Crippen molar-refractivity contribution >= 4 is 0 Å². The molecule has 0 aromatic carbocycles. The highest BCUT2D eigenvalue weighted by Gasteiger charge is 2.25. The average Bonchev–Trinajstić information content (AvgIpc) is 2.08. The molecule has 1 unspecified atom stereocenters. The first kappa shape index (κ1) is 8.67. The minimum atomic E-state index is -1.24. The van der Waals surface area contributed by atoms with Gasteiger partial charge in [0.1, 0.15) is 6.10 Å². The lowest BCUT2D eigenvalue weighted by molar-refractivity contribution is 0.158. The summed E-state index contributed by atoms with van der Waals surface area (Å²) in [4.78, 5) is 0. The molecule has 0 spiro atoms. The summed E-state index contributed by atoms with van der Waals surface area (Å²) in [7, 11) is 0. The Hall–Kier alpha value is -1.42. The second-order valence-corrected chi connectivity index (χ2v) is 2.45. The van der Waals surface area contributed by atoms with Crippen molar-refractivity contribution < 1.29 is 20.4 Å². The Morgan fingerprint density at radius 1 is 1.33 bits per heavy atom. The zero-order valence-electron chi connectivity index (χ0n) is 6.52. The lowest BCUT2D eigenvalue weighted by atomic mass is 10.0. The second-order valence-electron chi connectivity index (χ2n) is 2.45. The molecule has 0 saturated carbocycles. The fourth-order valence-corrected chi connectivity index (χ4v) is 0.965. The maximum atomic E-state index is 9.23. The van der Waals surface area contributed by atoms with E-state index >= 15 is 0 Å². The highest BCUT2D eigenvalue weighted by Crippen LogP contribution is 2.24. The molecule has 0 fully saturated rings. The van der Waals surface area contributed by atoms with Crippen LogP contribution in [0.2, 0.25) is 0 Å². The molecule has 0 radical (unpaired) electrons. The van der Waals surface area contributed by atoms with Gasteiger partial charge in [0.05, 0.1) is 0 Å². The summed E-state index contributed by atoms with van der Waals surface area (Å²) in [6, 6.07) is 0. The van der Waals surface area contributed by atoms with E-state index in [4.69, 9.17) is 15.3 Å². The molecule has 0 aromatic heterocycles. The first-order valence-electron chi connectivity index (χ1n) is 3.45. The van der Waals surface area contributed by atoms with Gasteiger partial charge in [-0.25, -0.2) is 0 Å². The van der Waals surface area contributed by atoms with Crippen LogP contribution in [-0.4, -0.2) is 26.5 Å². The molecule has 0 bridgehead atoms. The van der Waals surface area contributed by atoms with E-state index in [1.165, 1.54) is 12.2 Å². The van der Waals surface area contributed by atoms with Crippen molar-refractivity contribution in [1.82, 2.24) is 0 Å². The van der Waals surface area contributed by atoms with E-state index in [1.54, 1.807) is 6.92 Å². The Kier molecular flexibility index (Phi) is 2.10. The molecule has 0 heterocycles. The van der Waals surface area contributed by atoms with Crippen LogP contribution in [0.1, 0.15) is 6.92 Å². The third-order valence-corrected chi connectivity index (χ3v) is 1.70. The van der Waals surface area contributed by atoms with Gasteiger partial charge in [-0.1, -0.05) is 6.08 Å². The minimum Gasteiger partial charge on any atom is -0.506 e. The van der Waals surface area contributed by atoms with Gasteiger partial charge in [0, 0.05) is 0 Å². The molecule has 1 atom stereocenters. The van der Waals surface area contributed by atoms with Crippen LogP contribution in [0.25, 0.3) is 0 Å². The second kappa shape index (κ2) is 2.91. The van der Waals surface area contributed by atoms with Crippen LogP contribution < -0.4 is 0 Å². The molecule has 1 rings (SSSR count). The number of rotatable bonds is 0. The van der Waals surface area contributed by atoms with Gasteiger partial charge in [-0.2, -0.15) is 0 Å². The van der Waals surface area contributed by atoms with Crippen LogP contribution in [0.3, 0.4) is 0 Å². The van der Waals surface area contributed by atoms with E-state index in [9.17, 15) is 5.11 Å². The topological polar surface area (TPSA) is 80.9 Å². The van der Waals surface area contributed by atoms with Gasteiger partial charge in [0.15, 0.2) is 17.3 Å². The molecule has 12 heavy (non-hydrogen) atoms. The summed E-state index contributed by atoms with van der Waals surface area (Å²) in [6.07, 6.45) is 1.48. The van der Waals surface area contributed by atoms with Gasteiger partial charge in [-0.05, 0) is 18.6 Å². The third kappa shape index (κ3) is 1.16. The van der Waals surface area contributed by atoms with Crippen LogP contribution in [-0.2, 0) is 0 Å². The lowest BCUT2D eigenvalue weighted by Gasteiger charge is -2.17. The molecule has 4 nitrogen and oxygen atoms in total. The summed E-state index contributed by atoms with van der Waals surface area (Å²) >= 11 is 0. The van der Waals surface area contributed by atoms with Crippen molar-refractivity contribution in [3.05, 3.63) is 35.0 Å². The molecule has 0 aliphatic heterocycles. The summed E-state index contributed by atoms with van der Waals surface area (Å²) in [5.41, 5.74) is 0.350. The smallest absolute Gasteiger partial charge is 0.199 e. The van der Waals surface area contributed by atoms with E-state index in [0.29, 0.717) is 5.57 Å². The van der Waals surface area contributed by atoms with Gasteiger partial charge < -0.3 is 20.4 Å². The van der Waals surface area contributed by atoms with Gasteiger partial charge >= 0.3 is 0 Å². The monoisotopic (exact) mass is 170 g/mol. The van der Waals surface area contributed by atoms with E-state index in [0.717, 1.165) is 0 Å². The number of hydrogen-bond donors (Lipinski definition) is 4. The summed E-state index contributed by atoms with van der Waals surface area (Å²) in [5.74, 6) is -1.73. The lowest BCUT2D eigenvalue weighted by Crippen LogP contribution is -2.19. The normalized spacial score (nSPS) is 27.7. The summed E-state index contributed by atoms with van der Waals surface area (Å²) in [5, 5.41) is 36.3. The molecule has 0 aromatic rings. The van der Waals surface area contributed by atoms with Gasteiger partial charge in [0.25, 0.3) is 0 Å². The fraction of sp³-hybridized carbons (Fsp3) is 0.250. The Labute approximate surface area is 69.4 Å². The van der Waals surface area contributed by atoms with Crippen molar-refractivity contribution in [3.63, 3.8) is 0 Å².